The average molecular weight is 583 g/mol. The predicted octanol–water partition coefficient (Wildman–Crippen LogP) is 3.43. The quantitative estimate of drug-likeness (QED) is 0.311. The molecule has 5 rings (SSSR count). The molecule has 212 valence electrons. The molecule has 2 aliphatic heterocycles. The molecule has 2 aliphatic rings. The van der Waals surface area contributed by atoms with E-state index in [1.165, 1.54) is 4.31 Å². The largest absolute Gasteiger partial charge is 0.379 e. The Morgan fingerprint density at radius 3 is 1.95 bits per heavy atom. The number of hydrogen-bond acceptors (Lipinski definition) is 6. The Morgan fingerprint density at radius 2 is 1.35 bits per heavy atom. The maximum absolute atomic E-state index is 13.9. The van der Waals surface area contributed by atoms with Crippen molar-refractivity contribution in [1.29, 1.82) is 0 Å². The van der Waals surface area contributed by atoms with Crippen LogP contribution in [0.3, 0.4) is 0 Å². The average Bonchev–Trinajstić information content (AvgIpc) is 3.40. The number of morpholine rings is 1. The zero-order valence-electron chi connectivity index (χ0n) is 22.7. The summed E-state index contributed by atoms with van der Waals surface area (Å²) in [5.74, 6) is 0.304. The lowest BCUT2D eigenvalue weighted by Gasteiger charge is -2.35. The minimum atomic E-state index is -4.06. The lowest BCUT2D eigenvalue weighted by Crippen LogP contribution is -2.46. The first-order valence-electron chi connectivity index (χ1n) is 13.3. The van der Waals surface area contributed by atoms with Gasteiger partial charge in [0.25, 0.3) is 10.0 Å². The molecule has 2 fully saturated rings. The second kappa shape index (κ2) is 11.8. The van der Waals surface area contributed by atoms with Gasteiger partial charge in [0.1, 0.15) is 12.0 Å². The van der Waals surface area contributed by atoms with Gasteiger partial charge < -0.3 is 9.64 Å². The van der Waals surface area contributed by atoms with Crippen molar-refractivity contribution in [3.8, 4) is 0 Å². The highest BCUT2D eigenvalue weighted by Gasteiger charge is 2.43. The maximum Gasteiger partial charge on any atom is 0.283 e. The van der Waals surface area contributed by atoms with Crippen LogP contribution in [0.2, 0.25) is 0 Å². The van der Waals surface area contributed by atoms with Crippen LogP contribution in [0.15, 0.2) is 93.1 Å². The first kappa shape index (κ1) is 28.4. The molecule has 3 aromatic rings. The van der Waals surface area contributed by atoms with Crippen molar-refractivity contribution in [2.24, 2.45) is 4.40 Å². The van der Waals surface area contributed by atoms with E-state index in [0.717, 1.165) is 16.7 Å². The summed E-state index contributed by atoms with van der Waals surface area (Å²) in [4.78, 5) is 4.20. The van der Waals surface area contributed by atoms with Crippen LogP contribution in [0.4, 0.5) is 0 Å². The van der Waals surface area contributed by atoms with Crippen LogP contribution < -0.4 is 0 Å². The number of rotatable bonds is 7. The minimum Gasteiger partial charge on any atom is -0.379 e. The van der Waals surface area contributed by atoms with Crippen molar-refractivity contribution in [2.75, 3.05) is 45.9 Å². The van der Waals surface area contributed by atoms with Crippen molar-refractivity contribution in [3.05, 3.63) is 95.6 Å². The van der Waals surface area contributed by atoms with E-state index in [-0.39, 0.29) is 29.4 Å². The van der Waals surface area contributed by atoms with Gasteiger partial charge in [-0.2, -0.15) is 12.7 Å². The van der Waals surface area contributed by atoms with Gasteiger partial charge in [0.05, 0.1) is 29.5 Å². The first-order valence-corrected chi connectivity index (χ1v) is 16.1. The molecule has 40 heavy (non-hydrogen) atoms. The molecule has 0 amide bonds. The van der Waals surface area contributed by atoms with E-state index < -0.39 is 26.2 Å². The number of ether oxygens (including phenoxy) is 1. The Labute approximate surface area is 236 Å². The van der Waals surface area contributed by atoms with Gasteiger partial charge in [0, 0.05) is 26.2 Å². The van der Waals surface area contributed by atoms with Crippen LogP contribution in [0.5, 0.6) is 0 Å². The molecule has 11 heteroatoms. The molecule has 2 heterocycles. The van der Waals surface area contributed by atoms with Crippen LogP contribution in [0.25, 0.3) is 0 Å². The van der Waals surface area contributed by atoms with E-state index in [2.05, 4.69) is 9.30 Å². The van der Waals surface area contributed by atoms with Crippen LogP contribution in [-0.2, 0) is 24.8 Å². The zero-order chi connectivity index (χ0) is 28.3. The fourth-order valence-corrected chi connectivity index (χ4v) is 7.57. The van der Waals surface area contributed by atoms with Crippen LogP contribution >= 0.6 is 0 Å². The monoisotopic (exact) mass is 582 g/mol. The molecular formula is C29H34N4O5S2. The van der Waals surface area contributed by atoms with Gasteiger partial charge in [0.15, 0.2) is 0 Å². The third-order valence-corrected chi connectivity index (χ3v) is 10.4. The Balaban J connectivity index is 1.59. The second-order valence-electron chi connectivity index (χ2n) is 10.1. The first-order chi connectivity index (χ1) is 19.1. The normalized spacial score (nSPS) is 19.7. The minimum absolute atomic E-state index is 0.0946. The third kappa shape index (κ3) is 6.13. The Hall–Kier alpha value is -3.09. The van der Waals surface area contributed by atoms with Crippen LogP contribution in [0, 0.1) is 13.8 Å². The molecule has 1 atom stereocenters. The van der Waals surface area contributed by atoms with E-state index >= 15 is 0 Å². The number of benzene rings is 3. The van der Waals surface area contributed by atoms with Crippen molar-refractivity contribution in [2.45, 2.75) is 29.8 Å². The topological polar surface area (TPSA) is 99.6 Å². The highest BCUT2D eigenvalue weighted by atomic mass is 32.2. The van der Waals surface area contributed by atoms with E-state index in [1.807, 2.05) is 49.1 Å². The second-order valence-corrected chi connectivity index (χ2v) is 13.6. The summed E-state index contributed by atoms with van der Waals surface area (Å²) in [5, 5.41) is 0. The highest BCUT2D eigenvalue weighted by Crippen LogP contribution is 2.36. The summed E-state index contributed by atoms with van der Waals surface area (Å²) in [6, 6.07) is 22.6. The molecule has 0 N–H and O–H groups in total. The van der Waals surface area contributed by atoms with E-state index in [1.54, 1.807) is 48.5 Å². The van der Waals surface area contributed by atoms with Gasteiger partial charge in [-0.25, -0.2) is 8.42 Å². The van der Waals surface area contributed by atoms with Gasteiger partial charge in [0.2, 0.25) is 10.0 Å². The molecule has 1 unspecified atom stereocenters. The fourth-order valence-electron chi connectivity index (χ4n) is 4.98. The summed E-state index contributed by atoms with van der Waals surface area (Å²) in [7, 11) is -7.96. The van der Waals surface area contributed by atoms with E-state index in [9.17, 15) is 16.8 Å². The summed E-state index contributed by atoms with van der Waals surface area (Å²) in [6.07, 6.45) is -0.763. The highest BCUT2D eigenvalue weighted by molar-refractivity contribution is 7.90. The Kier molecular flexibility index (Phi) is 8.39. The Morgan fingerprint density at radius 1 is 0.775 bits per heavy atom. The molecule has 0 spiro atoms. The number of amidine groups is 1. The number of hydrogen-bond donors (Lipinski definition) is 0. The van der Waals surface area contributed by atoms with Crippen molar-refractivity contribution < 1.29 is 21.6 Å². The molecule has 0 radical (unpaired) electrons. The van der Waals surface area contributed by atoms with Gasteiger partial charge in [-0.3, -0.25) is 4.90 Å². The summed E-state index contributed by atoms with van der Waals surface area (Å²) in [6.45, 7) is 6.83. The van der Waals surface area contributed by atoms with Crippen molar-refractivity contribution >= 4 is 25.9 Å². The molecule has 0 saturated carbocycles. The summed E-state index contributed by atoms with van der Waals surface area (Å²) in [5.41, 5.74) is 2.64. The molecule has 0 aromatic heterocycles. The van der Waals surface area contributed by atoms with Crippen LogP contribution in [-0.4, -0.2) is 82.7 Å². The SMILES string of the molecule is Cc1ccc(S(=O)(=O)N=C(CN2CCOCC2)N2CCN(S(=O)(=O)c3ccc(C)cc3)C2c2ccccc2)cc1. The lowest BCUT2D eigenvalue weighted by atomic mass is 10.1. The number of nitrogens with zero attached hydrogens (tertiary/aromatic N) is 4. The van der Waals surface area contributed by atoms with Gasteiger partial charge >= 0.3 is 0 Å². The number of aryl methyl sites for hydroxylation is 2. The maximum atomic E-state index is 13.9. The fraction of sp³-hybridized carbons (Fsp3) is 0.345. The van der Waals surface area contributed by atoms with Crippen molar-refractivity contribution in [1.82, 2.24) is 14.1 Å². The van der Waals surface area contributed by atoms with Gasteiger partial charge in [-0.1, -0.05) is 65.7 Å². The third-order valence-electron chi connectivity index (χ3n) is 7.20. The number of sulfonamides is 2. The predicted molar refractivity (Wildman–Crippen MR) is 154 cm³/mol. The van der Waals surface area contributed by atoms with E-state index in [0.29, 0.717) is 32.1 Å². The molecule has 9 nitrogen and oxygen atoms in total. The standard InChI is InChI=1S/C29H34N4O5S2/c1-23-8-12-26(13-9-23)39(34,35)30-28(22-31-18-20-38-21-19-31)32-16-17-33(29(32)25-6-4-3-5-7-25)40(36,37)27-14-10-24(2)11-15-27/h3-15,29H,16-22H2,1-2H3. The molecule has 0 aliphatic carbocycles. The van der Waals surface area contributed by atoms with Crippen molar-refractivity contribution in [3.63, 3.8) is 0 Å². The Bertz CT molecular complexity index is 1550. The molecule has 3 aromatic carbocycles. The molecule has 0 bridgehead atoms. The molecule has 2 saturated heterocycles. The van der Waals surface area contributed by atoms with Gasteiger partial charge in [-0.15, -0.1) is 4.40 Å². The zero-order valence-corrected chi connectivity index (χ0v) is 24.3. The smallest absolute Gasteiger partial charge is 0.283 e. The van der Waals surface area contributed by atoms with Gasteiger partial charge in [-0.05, 0) is 43.7 Å². The summed E-state index contributed by atoms with van der Waals surface area (Å²) >= 11 is 0. The lowest BCUT2D eigenvalue weighted by molar-refractivity contribution is 0.0438. The van der Waals surface area contributed by atoms with E-state index in [4.69, 9.17) is 4.74 Å². The summed E-state index contributed by atoms with van der Waals surface area (Å²) < 4.78 is 66.3. The van der Waals surface area contributed by atoms with Crippen LogP contribution in [0.1, 0.15) is 22.9 Å². The molecular weight excluding hydrogens is 548 g/mol.